The first kappa shape index (κ1) is 9.33. The molecule has 2 heteroatoms. The second kappa shape index (κ2) is 8.87. The Labute approximate surface area is 74.3 Å². The Bertz CT molecular complexity index is 6.00. The summed E-state index contributed by atoms with van der Waals surface area (Å²) < 4.78 is 0. The van der Waals surface area contributed by atoms with Gasteiger partial charge < -0.3 is 0 Å². The Morgan fingerprint density at radius 2 is 1.75 bits per heavy atom. The first-order valence-electron chi connectivity index (χ1n) is 0.974. The summed E-state index contributed by atoms with van der Waals surface area (Å²) in [6.45, 7) is 1.89. The van der Waals surface area contributed by atoms with Gasteiger partial charge in [-0.1, -0.05) is 6.92 Å². The van der Waals surface area contributed by atoms with E-state index in [1.807, 2.05) is 6.92 Å². The summed E-state index contributed by atoms with van der Waals surface area (Å²) in [7, 11) is 0. The van der Waals surface area contributed by atoms with E-state index < -0.39 is 0 Å². The van der Waals surface area contributed by atoms with Gasteiger partial charge in [0, 0.05) is 5.88 Å². The average molecular weight is 105 g/mol. The fraction of sp³-hybridized carbons (Fsp3) is 1.00. The van der Waals surface area contributed by atoms with Gasteiger partial charge in [-0.3, -0.25) is 0 Å². The summed E-state index contributed by atoms with van der Waals surface area (Å²) in [5, 5.41) is 0. The van der Waals surface area contributed by atoms with Crippen molar-refractivity contribution in [3.05, 3.63) is 0 Å². The van der Waals surface area contributed by atoms with Gasteiger partial charge in [0.15, 0.2) is 0 Å². The first-order valence-corrected chi connectivity index (χ1v) is 1.51. The molecule has 0 aliphatic carbocycles. The van der Waals surface area contributed by atoms with Crippen molar-refractivity contribution in [2.75, 3.05) is 5.88 Å². The van der Waals surface area contributed by atoms with Crippen molar-refractivity contribution in [3.8, 4) is 0 Å². The Morgan fingerprint density at radius 1 is 1.75 bits per heavy atom. The van der Waals surface area contributed by atoms with Crippen LogP contribution in [-0.4, -0.2) is 57.3 Å². The van der Waals surface area contributed by atoms with Crippen LogP contribution in [0.2, 0.25) is 0 Å². The van der Waals surface area contributed by atoms with E-state index in [2.05, 4.69) is 0 Å². The molecule has 22 valence electrons. The molecule has 0 atom stereocenters. The third-order valence-electron chi connectivity index (χ3n) is 0. The Morgan fingerprint density at radius 3 is 1.75 bits per heavy atom. The molecule has 0 rings (SSSR count). The van der Waals surface area contributed by atoms with Gasteiger partial charge in [0.1, 0.15) is 0 Å². The van der Waals surface area contributed by atoms with Crippen molar-refractivity contribution in [1.29, 1.82) is 0 Å². The van der Waals surface area contributed by atoms with Crippen LogP contribution in [0.4, 0.5) is 0 Å². The molecule has 4 heavy (non-hydrogen) atoms. The van der Waals surface area contributed by atoms with Crippen molar-refractivity contribution in [2.24, 2.45) is 0 Å². The summed E-state index contributed by atoms with van der Waals surface area (Å²) in [6.07, 6.45) is 0. The topological polar surface area (TPSA) is 0 Å². The van der Waals surface area contributed by atoms with E-state index in [9.17, 15) is 0 Å². The van der Waals surface area contributed by atoms with Crippen molar-refractivity contribution in [1.82, 2.24) is 0 Å². The minimum atomic E-state index is 0. The zero-order chi connectivity index (χ0) is 2.71. The first-order chi connectivity index (χ1) is 1.41. The van der Waals surface area contributed by atoms with Gasteiger partial charge in [0.25, 0.3) is 0 Å². The van der Waals surface area contributed by atoms with Gasteiger partial charge in [0.2, 0.25) is 0 Å². The molecule has 0 amide bonds. The van der Waals surface area contributed by atoms with Gasteiger partial charge in [0.05, 0.1) is 0 Å². The molecule has 0 heterocycles. The molecule has 0 spiro atoms. The molecule has 0 aromatic carbocycles. The molecule has 0 unspecified atom stereocenters. The monoisotopic (exact) mass is 104 g/mol. The number of alkyl halides is 1. The molecule has 0 fully saturated rings. The third kappa shape index (κ3) is 9.06. The number of rotatable bonds is 0. The quantitative estimate of drug-likeness (QED) is 0.312. The molecule has 0 nitrogen and oxygen atoms in total. The van der Waals surface area contributed by atoms with Crippen molar-refractivity contribution in [3.63, 3.8) is 0 Å². The van der Waals surface area contributed by atoms with Crippen LogP contribution in [-0.2, 0) is 0 Å². The summed E-state index contributed by atoms with van der Waals surface area (Å²) in [5.41, 5.74) is 0. The van der Waals surface area contributed by atoms with Crippen LogP contribution in [0.25, 0.3) is 0 Å². The average Bonchev–Trinajstić information content (AvgIpc) is 0.918. The van der Waals surface area contributed by atoms with Crippen LogP contribution in [0.3, 0.4) is 0 Å². The van der Waals surface area contributed by atoms with E-state index in [0.717, 1.165) is 5.88 Å². The molecule has 0 aromatic heterocycles. The van der Waals surface area contributed by atoms with E-state index >= 15 is 0 Å². The summed E-state index contributed by atoms with van der Waals surface area (Å²) in [4.78, 5) is 0. The van der Waals surface area contributed by atoms with E-state index in [1.165, 1.54) is 0 Å². The van der Waals surface area contributed by atoms with E-state index in [1.54, 1.807) is 0 Å². The normalized spacial score (nSPS) is 4.50. The molecule has 0 aromatic rings. The van der Waals surface area contributed by atoms with Crippen LogP contribution in [0.1, 0.15) is 6.92 Å². The SMILES string of the molecule is CCCl.[KH]. The molecule has 0 saturated carbocycles. The zero-order valence-electron chi connectivity index (χ0n) is 2.09. The molecule has 0 aliphatic heterocycles. The van der Waals surface area contributed by atoms with Gasteiger partial charge in [-0.05, 0) is 0 Å². The molecule has 0 N–H and O–H groups in total. The second-order valence-electron chi connectivity index (χ2n) is 0.267. The van der Waals surface area contributed by atoms with Crippen molar-refractivity contribution in [2.45, 2.75) is 6.92 Å². The standard InChI is InChI=1S/C2H5Cl.K.H/c1-2-3;;/h2H2,1H3;;. The Kier molecular flexibility index (Phi) is 20.7. The predicted octanol–water partition coefficient (Wildman–Crippen LogP) is 0.597. The fourth-order valence-corrected chi connectivity index (χ4v) is 0. The number of halogens is 1. The second-order valence-corrected chi connectivity index (χ2v) is 0.802. The number of hydrogen-bond donors (Lipinski definition) is 0. The van der Waals surface area contributed by atoms with E-state index in [4.69, 9.17) is 11.6 Å². The van der Waals surface area contributed by atoms with E-state index in [-0.39, 0.29) is 51.4 Å². The zero-order valence-corrected chi connectivity index (χ0v) is 2.84. The molecule has 0 bridgehead atoms. The van der Waals surface area contributed by atoms with Crippen LogP contribution in [0, 0.1) is 0 Å². The maximum absolute atomic E-state index is 5.00. The summed E-state index contributed by atoms with van der Waals surface area (Å²) >= 11 is 5.00. The van der Waals surface area contributed by atoms with Crippen molar-refractivity contribution < 1.29 is 0 Å². The molecule has 0 saturated heterocycles. The van der Waals surface area contributed by atoms with Crippen LogP contribution >= 0.6 is 11.6 Å². The molecule has 0 radical (unpaired) electrons. The van der Waals surface area contributed by atoms with Gasteiger partial charge in [-0.15, -0.1) is 11.6 Å². The minimum absolute atomic E-state index is 0. The number of hydrogen-bond acceptors (Lipinski definition) is 0. The van der Waals surface area contributed by atoms with Gasteiger partial charge >= 0.3 is 51.4 Å². The summed E-state index contributed by atoms with van der Waals surface area (Å²) in [6, 6.07) is 0. The summed E-state index contributed by atoms with van der Waals surface area (Å²) in [5.74, 6) is 0.722. The molecule has 0 aliphatic rings. The maximum atomic E-state index is 5.00. The Hall–Kier alpha value is 1.93. The van der Waals surface area contributed by atoms with Gasteiger partial charge in [-0.2, -0.15) is 0 Å². The van der Waals surface area contributed by atoms with Crippen molar-refractivity contribution >= 4 is 63.0 Å². The predicted molar refractivity (Wildman–Crippen MR) is 23.5 cm³/mol. The molecular formula is C2H6ClK. The Balaban J connectivity index is 0. The third-order valence-corrected chi connectivity index (χ3v) is 0. The van der Waals surface area contributed by atoms with Crippen LogP contribution in [0.5, 0.6) is 0 Å². The van der Waals surface area contributed by atoms with E-state index in [0.29, 0.717) is 0 Å². The van der Waals surface area contributed by atoms with Crippen LogP contribution in [0.15, 0.2) is 0 Å². The fourth-order valence-electron chi connectivity index (χ4n) is 0. The molecular weight excluding hydrogens is 98.6 g/mol. The van der Waals surface area contributed by atoms with Gasteiger partial charge in [-0.25, -0.2) is 0 Å². The van der Waals surface area contributed by atoms with Crippen LogP contribution < -0.4 is 0 Å².